The summed E-state index contributed by atoms with van der Waals surface area (Å²) in [5.41, 5.74) is 1.89. The molecule has 2 aliphatic heterocycles. The van der Waals surface area contributed by atoms with Crippen molar-refractivity contribution >= 4 is 11.6 Å². The molecule has 0 saturated carbocycles. The number of likely N-dealkylation sites (tertiary alicyclic amines) is 1. The van der Waals surface area contributed by atoms with Gasteiger partial charge in [-0.3, -0.25) is 9.69 Å². The van der Waals surface area contributed by atoms with Crippen LogP contribution in [0.1, 0.15) is 18.4 Å². The van der Waals surface area contributed by atoms with Crippen LogP contribution in [0.4, 0.5) is 5.69 Å². The number of aromatic hydroxyl groups is 1. The molecule has 2 aliphatic rings. The lowest BCUT2D eigenvalue weighted by Gasteiger charge is -2.40. The standard InChI is InChI=1S/C21H24N2O3/c24-19-9-5-4-6-16(19)14-22-12-10-18-20(11-13-22)26-15-21(25)23(18)17-7-2-1-3-8-17/h1-9,18,20,24H,10-15H2/t18-,20-/m0/s1. The van der Waals surface area contributed by atoms with Crippen LogP contribution in [0.3, 0.4) is 0 Å². The van der Waals surface area contributed by atoms with Gasteiger partial charge in [-0.1, -0.05) is 36.4 Å². The van der Waals surface area contributed by atoms with Gasteiger partial charge in [-0.05, 0) is 31.0 Å². The van der Waals surface area contributed by atoms with Gasteiger partial charge in [0.25, 0.3) is 5.91 Å². The van der Waals surface area contributed by atoms with Crippen LogP contribution in [0.2, 0.25) is 0 Å². The number of anilines is 1. The van der Waals surface area contributed by atoms with Gasteiger partial charge in [0, 0.05) is 30.9 Å². The maximum absolute atomic E-state index is 12.5. The molecule has 0 spiro atoms. The molecule has 2 saturated heterocycles. The molecule has 0 unspecified atom stereocenters. The Kier molecular flexibility index (Phi) is 4.91. The van der Waals surface area contributed by atoms with E-state index in [4.69, 9.17) is 4.74 Å². The highest BCUT2D eigenvalue weighted by Gasteiger charge is 2.39. The zero-order chi connectivity index (χ0) is 17.9. The predicted molar refractivity (Wildman–Crippen MR) is 100 cm³/mol. The van der Waals surface area contributed by atoms with Crippen molar-refractivity contribution in [3.05, 3.63) is 60.2 Å². The zero-order valence-electron chi connectivity index (χ0n) is 14.8. The monoisotopic (exact) mass is 352 g/mol. The summed E-state index contributed by atoms with van der Waals surface area (Å²) in [5.74, 6) is 0.373. The second-order valence-electron chi connectivity index (χ2n) is 7.00. The number of carbonyl (C=O) groups is 1. The number of carbonyl (C=O) groups excluding carboxylic acids is 1. The van der Waals surface area contributed by atoms with E-state index in [0.717, 1.165) is 37.2 Å². The highest BCUT2D eigenvalue weighted by Crippen LogP contribution is 2.30. The van der Waals surface area contributed by atoms with Crippen molar-refractivity contribution in [2.45, 2.75) is 31.5 Å². The summed E-state index contributed by atoms with van der Waals surface area (Å²) in [6.45, 7) is 2.63. The van der Waals surface area contributed by atoms with E-state index in [0.29, 0.717) is 12.3 Å². The normalized spacial score (nSPS) is 24.2. The van der Waals surface area contributed by atoms with Crippen molar-refractivity contribution in [1.82, 2.24) is 4.90 Å². The predicted octanol–water partition coefficient (Wildman–Crippen LogP) is 2.79. The van der Waals surface area contributed by atoms with Crippen molar-refractivity contribution in [3.8, 4) is 5.75 Å². The van der Waals surface area contributed by atoms with Gasteiger partial charge in [0.2, 0.25) is 0 Å². The Morgan fingerprint density at radius 1 is 1.00 bits per heavy atom. The fourth-order valence-electron chi connectivity index (χ4n) is 4.00. The van der Waals surface area contributed by atoms with Crippen molar-refractivity contribution in [2.75, 3.05) is 24.6 Å². The first-order valence-electron chi connectivity index (χ1n) is 9.20. The number of rotatable bonds is 3. The minimum Gasteiger partial charge on any atom is -0.508 e. The number of para-hydroxylation sites is 2. The number of hydrogen-bond donors (Lipinski definition) is 1. The second-order valence-corrected chi connectivity index (χ2v) is 7.00. The highest BCUT2D eigenvalue weighted by atomic mass is 16.5. The van der Waals surface area contributed by atoms with Crippen LogP contribution >= 0.6 is 0 Å². The first-order chi connectivity index (χ1) is 12.7. The summed E-state index contributed by atoms with van der Waals surface area (Å²) < 4.78 is 5.88. The average Bonchev–Trinajstić information content (AvgIpc) is 2.87. The molecule has 2 heterocycles. The lowest BCUT2D eigenvalue weighted by Crippen LogP contribution is -2.54. The van der Waals surface area contributed by atoms with Gasteiger partial charge < -0.3 is 14.7 Å². The molecule has 0 radical (unpaired) electrons. The quantitative estimate of drug-likeness (QED) is 0.923. The van der Waals surface area contributed by atoms with Crippen LogP contribution in [-0.4, -0.2) is 47.8 Å². The fourth-order valence-corrected chi connectivity index (χ4v) is 4.00. The van der Waals surface area contributed by atoms with Crippen molar-refractivity contribution in [2.24, 2.45) is 0 Å². The molecule has 5 nitrogen and oxygen atoms in total. The maximum atomic E-state index is 12.5. The molecule has 0 bridgehead atoms. The molecule has 2 atom stereocenters. The Labute approximate surface area is 153 Å². The third-order valence-corrected chi connectivity index (χ3v) is 5.34. The van der Waals surface area contributed by atoms with Gasteiger partial charge in [-0.25, -0.2) is 0 Å². The maximum Gasteiger partial charge on any atom is 0.253 e. The van der Waals surface area contributed by atoms with Gasteiger partial charge >= 0.3 is 0 Å². The molecular formula is C21H24N2O3. The molecule has 0 aliphatic carbocycles. The number of amides is 1. The van der Waals surface area contributed by atoms with E-state index in [-0.39, 0.29) is 24.7 Å². The first-order valence-corrected chi connectivity index (χ1v) is 9.20. The number of morpholine rings is 1. The fraction of sp³-hybridized carbons (Fsp3) is 0.381. The Morgan fingerprint density at radius 3 is 2.54 bits per heavy atom. The van der Waals surface area contributed by atoms with E-state index in [1.54, 1.807) is 6.07 Å². The molecule has 1 N–H and O–H groups in total. The Balaban J connectivity index is 1.51. The van der Waals surface area contributed by atoms with Gasteiger partial charge in [-0.15, -0.1) is 0 Å². The van der Waals surface area contributed by atoms with Crippen LogP contribution in [0.25, 0.3) is 0 Å². The summed E-state index contributed by atoms with van der Waals surface area (Å²) in [5, 5.41) is 10.0. The topological polar surface area (TPSA) is 53.0 Å². The van der Waals surface area contributed by atoms with E-state index >= 15 is 0 Å². The molecule has 136 valence electrons. The van der Waals surface area contributed by atoms with Crippen molar-refractivity contribution in [1.29, 1.82) is 0 Å². The number of phenols is 1. The zero-order valence-corrected chi connectivity index (χ0v) is 14.8. The van der Waals surface area contributed by atoms with Crippen molar-refractivity contribution in [3.63, 3.8) is 0 Å². The summed E-state index contributed by atoms with van der Waals surface area (Å²) in [4.78, 5) is 16.8. The molecule has 2 aromatic rings. The molecule has 26 heavy (non-hydrogen) atoms. The second kappa shape index (κ2) is 7.48. The third-order valence-electron chi connectivity index (χ3n) is 5.34. The van der Waals surface area contributed by atoms with Crippen LogP contribution in [0.5, 0.6) is 5.75 Å². The summed E-state index contributed by atoms with van der Waals surface area (Å²) >= 11 is 0. The number of fused-ring (bicyclic) bond motifs is 1. The SMILES string of the molecule is O=C1CO[C@H]2CCN(Cc3ccccc3O)CC[C@@H]2N1c1ccccc1. The smallest absolute Gasteiger partial charge is 0.253 e. The lowest BCUT2D eigenvalue weighted by atomic mass is 10.0. The lowest BCUT2D eigenvalue weighted by molar-refractivity contribution is -0.132. The molecule has 5 heteroatoms. The molecule has 0 aromatic heterocycles. The highest BCUT2D eigenvalue weighted by molar-refractivity contribution is 5.95. The van der Waals surface area contributed by atoms with Gasteiger partial charge in [0.05, 0.1) is 12.1 Å². The first kappa shape index (κ1) is 17.1. The molecule has 2 fully saturated rings. The third kappa shape index (κ3) is 3.45. The largest absolute Gasteiger partial charge is 0.508 e. The number of benzene rings is 2. The molecule has 2 aromatic carbocycles. The van der Waals surface area contributed by atoms with Gasteiger partial charge in [0.15, 0.2) is 0 Å². The van der Waals surface area contributed by atoms with Gasteiger partial charge in [-0.2, -0.15) is 0 Å². The molecular weight excluding hydrogens is 328 g/mol. The van der Waals surface area contributed by atoms with Gasteiger partial charge in [0.1, 0.15) is 12.4 Å². The summed E-state index contributed by atoms with van der Waals surface area (Å²) in [6.07, 6.45) is 1.80. The Bertz CT molecular complexity index is 765. The van der Waals surface area contributed by atoms with Crippen LogP contribution < -0.4 is 4.90 Å². The minimum atomic E-state index is 0.0339. The van der Waals surface area contributed by atoms with Crippen LogP contribution in [0.15, 0.2) is 54.6 Å². The number of phenolic OH excluding ortho intramolecular Hbond substituents is 1. The minimum absolute atomic E-state index is 0.0339. The number of hydrogen-bond acceptors (Lipinski definition) is 4. The van der Waals surface area contributed by atoms with E-state index < -0.39 is 0 Å². The Morgan fingerprint density at radius 2 is 1.73 bits per heavy atom. The summed E-state index contributed by atoms with van der Waals surface area (Å²) in [7, 11) is 0. The molecule has 4 rings (SSSR count). The van der Waals surface area contributed by atoms with E-state index in [1.807, 2.05) is 53.4 Å². The van der Waals surface area contributed by atoms with Crippen LogP contribution in [-0.2, 0) is 16.1 Å². The average molecular weight is 352 g/mol. The molecule has 1 amide bonds. The number of nitrogens with zero attached hydrogens (tertiary/aromatic N) is 2. The summed E-state index contributed by atoms with van der Waals surface area (Å²) in [6, 6.07) is 17.4. The van der Waals surface area contributed by atoms with E-state index in [9.17, 15) is 9.90 Å². The Hall–Kier alpha value is -2.37. The number of ether oxygens (including phenoxy) is 1. The van der Waals surface area contributed by atoms with E-state index in [1.165, 1.54) is 0 Å². The van der Waals surface area contributed by atoms with Crippen molar-refractivity contribution < 1.29 is 14.6 Å². The van der Waals surface area contributed by atoms with E-state index in [2.05, 4.69) is 4.90 Å². The van der Waals surface area contributed by atoms with Crippen LogP contribution in [0, 0.1) is 0 Å².